The molecule has 0 heterocycles. The van der Waals surface area contributed by atoms with E-state index in [1.807, 2.05) is 0 Å². The molecule has 26 heavy (non-hydrogen) atoms. The van der Waals surface area contributed by atoms with Gasteiger partial charge in [0.1, 0.15) is 0 Å². The van der Waals surface area contributed by atoms with E-state index >= 15 is 0 Å². The van der Waals surface area contributed by atoms with Crippen LogP contribution in [0.3, 0.4) is 0 Å². The van der Waals surface area contributed by atoms with Crippen LogP contribution < -0.4 is 0 Å². The van der Waals surface area contributed by atoms with Crippen LogP contribution in [-0.2, 0) is 24.1 Å². The van der Waals surface area contributed by atoms with Crippen LogP contribution in [0.2, 0.25) is 0 Å². The van der Waals surface area contributed by atoms with Crippen molar-refractivity contribution in [2.75, 3.05) is 33.0 Å². The van der Waals surface area contributed by atoms with E-state index in [0.29, 0.717) is 13.2 Å². The molecule has 0 fully saturated rings. The van der Waals surface area contributed by atoms with E-state index in [-0.39, 0.29) is 42.8 Å². The number of ether oxygens (including phenoxy) is 2. The van der Waals surface area contributed by atoms with E-state index in [9.17, 15) is 8.42 Å². The molecule has 0 unspecified atom stereocenters. The first-order chi connectivity index (χ1) is 12.1. The van der Waals surface area contributed by atoms with Crippen LogP contribution in [0, 0.1) is 0 Å². The summed E-state index contributed by atoms with van der Waals surface area (Å²) in [6, 6.07) is 0. The van der Waals surface area contributed by atoms with E-state index in [0.717, 1.165) is 13.0 Å². The van der Waals surface area contributed by atoms with Gasteiger partial charge in [0.15, 0.2) is 0 Å². The van der Waals surface area contributed by atoms with Gasteiger partial charge in [0.2, 0.25) is 0 Å². The molecule has 0 bridgehead atoms. The zero-order valence-corrected chi connectivity index (χ0v) is 16.7. The topological polar surface area (TPSA) is 82.1 Å². The summed E-state index contributed by atoms with van der Waals surface area (Å²) in [5, 5.41) is 0. The zero-order valence-electron chi connectivity index (χ0n) is 15.9. The number of hydrogen-bond acceptors (Lipinski definition) is 5. The summed E-state index contributed by atoms with van der Waals surface area (Å²) in [7, 11) is -4.36. The van der Waals surface area contributed by atoms with E-state index in [4.69, 9.17) is 14.0 Å². The quantitative estimate of drug-likeness (QED) is 0.188. The molecule has 0 atom stereocenters. The van der Waals surface area contributed by atoms with Gasteiger partial charge in [0, 0.05) is 6.61 Å². The van der Waals surface area contributed by atoms with Crippen molar-refractivity contribution in [2.45, 2.75) is 84.0 Å². The van der Waals surface area contributed by atoms with Gasteiger partial charge in [0.05, 0.1) is 26.4 Å². The third-order valence-electron chi connectivity index (χ3n) is 3.97. The van der Waals surface area contributed by atoms with Crippen molar-refractivity contribution in [3.8, 4) is 0 Å². The normalized spacial score (nSPS) is 11.5. The molecule has 0 aliphatic rings. The fourth-order valence-corrected chi connectivity index (χ4v) is 2.84. The Bertz CT molecular complexity index is 365. The van der Waals surface area contributed by atoms with Gasteiger partial charge >= 0.3 is 40.0 Å². The molecular formula is C18H39NaO6S. The van der Waals surface area contributed by atoms with Gasteiger partial charge in [-0.2, -0.15) is 8.42 Å². The van der Waals surface area contributed by atoms with Crippen molar-refractivity contribution in [3.63, 3.8) is 0 Å². The summed E-state index contributed by atoms with van der Waals surface area (Å²) < 4.78 is 43.5. The molecule has 0 rings (SSSR count). The van der Waals surface area contributed by atoms with Gasteiger partial charge < -0.3 is 9.47 Å². The van der Waals surface area contributed by atoms with Crippen LogP contribution >= 0.6 is 0 Å². The van der Waals surface area contributed by atoms with Crippen molar-refractivity contribution >= 4 is 40.0 Å². The molecule has 154 valence electrons. The Morgan fingerprint density at radius 2 is 1.00 bits per heavy atom. The van der Waals surface area contributed by atoms with Gasteiger partial charge in [0.25, 0.3) is 0 Å². The summed E-state index contributed by atoms with van der Waals surface area (Å²) in [5.41, 5.74) is 0. The molecule has 0 aromatic heterocycles. The maximum absolute atomic E-state index is 10.3. The van der Waals surface area contributed by atoms with Crippen molar-refractivity contribution in [1.29, 1.82) is 0 Å². The molecule has 0 spiro atoms. The van der Waals surface area contributed by atoms with E-state index in [1.165, 1.54) is 70.6 Å². The molecule has 0 saturated heterocycles. The molecular weight excluding hydrogens is 367 g/mol. The van der Waals surface area contributed by atoms with Crippen molar-refractivity contribution < 1.29 is 26.6 Å². The summed E-state index contributed by atoms with van der Waals surface area (Å²) in [6.07, 6.45) is 15.9. The van der Waals surface area contributed by atoms with Gasteiger partial charge in [-0.1, -0.05) is 77.6 Å². The molecule has 0 aromatic rings. The molecule has 6 nitrogen and oxygen atoms in total. The Labute approximate surface area is 183 Å². The fourth-order valence-electron chi connectivity index (χ4n) is 2.57. The van der Waals surface area contributed by atoms with Gasteiger partial charge in [-0.25, -0.2) is 4.18 Å². The summed E-state index contributed by atoms with van der Waals surface area (Å²) in [4.78, 5) is 0. The van der Waals surface area contributed by atoms with Crippen molar-refractivity contribution in [3.05, 3.63) is 0 Å². The minimum atomic E-state index is -4.36. The van der Waals surface area contributed by atoms with Gasteiger partial charge in [-0.15, -0.1) is 0 Å². The Balaban J connectivity index is 0. The predicted molar refractivity (Wildman–Crippen MR) is 107 cm³/mol. The first-order valence-corrected chi connectivity index (χ1v) is 11.2. The first-order valence-electron chi connectivity index (χ1n) is 9.83. The van der Waals surface area contributed by atoms with Gasteiger partial charge in [-0.3, -0.25) is 4.55 Å². The second-order valence-corrected chi connectivity index (χ2v) is 7.45. The monoisotopic (exact) mass is 406 g/mol. The second kappa shape index (κ2) is 22.1. The van der Waals surface area contributed by atoms with Crippen molar-refractivity contribution in [1.82, 2.24) is 0 Å². The molecule has 0 aromatic carbocycles. The average molecular weight is 407 g/mol. The molecule has 0 aliphatic carbocycles. The molecule has 8 heteroatoms. The van der Waals surface area contributed by atoms with Crippen LogP contribution in [0.15, 0.2) is 0 Å². The Kier molecular flexibility index (Phi) is 24.6. The summed E-state index contributed by atoms with van der Waals surface area (Å²) in [6.45, 7) is 3.81. The average Bonchev–Trinajstić information content (AvgIpc) is 2.56. The van der Waals surface area contributed by atoms with Crippen LogP contribution in [0.5, 0.6) is 0 Å². The number of rotatable bonds is 20. The van der Waals surface area contributed by atoms with E-state index in [1.54, 1.807) is 0 Å². The molecule has 1 N–H and O–H groups in total. The molecule has 0 radical (unpaired) electrons. The molecule has 0 amide bonds. The van der Waals surface area contributed by atoms with E-state index < -0.39 is 10.4 Å². The van der Waals surface area contributed by atoms with Crippen molar-refractivity contribution in [2.24, 2.45) is 0 Å². The van der Waals surface area contributed by atoms with Gasteiger partial charge in [-0.05, 0) is 6.42 Å². The molecule has 0 aliphatic heterocycles. The van der Waals surface area contributed by atoms with Crippen LogP contribution in [0.1, 0.15) is 84.0 Å². The van der Waals surface area contributed by atoms with Crippen LogP contribution in [-0.4, -0.2) is 75.6 Å². The minimum absolute atomic E-state index is 0. The molecule has 0 saturated carbocycles. The number of hydrogen-bond donors (Lipinski definition) is 1. The zero-order chi connectivity index (χ0) is 18.6. The number of unbranched alkanes of at least 4 members (excludes halogenated alkanes) is 11. The van der Waals surface area contributed by atoms with Crippen LogP contribution in [0.25, 0.3) is 0 Å². The van der Waals surface area contributed by atoms with E-state index in [2.05, 4.69) is 11.1 Å². The summed E-state index contributed by atoms with van der Waals surface area (Å²) in [5.74, 6) is 0. The third kappa shape index (κ3) is 27.0. The SMILES string of the molecule is CCCCCCCCCCCCCCOCCOCCOS(=O)(=O)O.[NaH]. The predicted octanol–water partition coefficient (Wildman–Crippen LogP) is 3.89. The van der Waals surface area contributed by atoms with Crippen LogP contribution in [0.4, 0.5) is 0 Å². The standard InChI is InChI=1S/C18H38O6S.Na.H/c1-2-3-4-5-6-7-8-9-10-11-12-13-14-22-15-16-23-17-18-24-25(19,20)21;;/h2-18H2,1H3,(H,19,20,21);;. The first kappa shape index (κ1) is 29.0. The fraction of sp³-hybridized carbons (Fsp3) is 1.00. The second-order valence-electron chi connectivity index (χ2n) is 6.36. The maximum atomic E-state index is 10.3. The third-order valence-corrected chi connectivity index (χ3v) is 4.44. The Hall–Kier alpha value is 0.790. The Morgan fingerprint density at radius 3 is 1.46 bits per heavy atom. The Morgan fingerprint density at radius 1 is 0.615 bits per heavy atom. The summed E-state index contributed by atoms with van der Waals surface area (Å²) >= 11 is 0.